The van der Waals surface area contributed by atoms with Crippen molar-refractivity contribution in [2.75, 3.05) is 6.54 Å². The molecule has 20 heavy (non-hydrogen) atoms. The van der Waals surface area contributed by atoms with Crippen molar-refractivity contribution in [1.82, 2.24) is 15.1 Å². The average molecular weight is 271 g/mol. The quantitative estimate of drug-likeness (QED) is 0.903. The Kier molecular flexibility index (Phi) is 4.56. The molecule has 0 spiro atoms. The van der Waals surface area contributed by atoms with Gasteiger partial charge in [-0.05, 0) is 31.4 Å². The Morgan fingerprint density at radius 3 is 2.55 bits per heavy atom. The lowest BCUT2D eigenvalue weighted by Crippen LogP contribution is -2.27. The molecule has 0 saturated heterocycles. The van der Waals surface area contributed by atoms with Gasteiger partial charge in [-0.3, -0.25) is 9.48 Å². The summed E-state index contributed by atoms with van der Waals surface area (Å²) in [7, 11) is 1.94. The highest BCUT2D eigenvalue weighted by atomic mass is 16.1. The Bertz CT molecular complexity index is 587. The molecule has 2 aromatic rings. The second-order valence-corrected chi connectivity index (χ2v) is 5.04. The largest absolute Gasteiger partial charge is 0.355 e. The van der Waals surface area contributed by atoms with E-state index in [0.717, 1.165) is 17.7 Å². The summed E-state index contributed by atoms with van der Waals surface area (Å²) < 4.78 is 1.89. The maximum absolute atomic E-state index is 11.8. The fourth-order valence-corrected chi connectivity index (χ4v) is 2.35. The number of benzene rings is 1. The Morgan fingerprint density at radius 2 is 1.95 bits per heavy atom. The first kappa shape index (κ1) is 14.3. The summed E-state index contributed by atoms with van der Waals surface area (Å²) in [6.45, 7) is 4.72. The molecule has 1 heterocycles. The van der Waals surface area contributed by atoms with Crippen molar-refractivity contribution in [3.63, 3.8) is 0 Å². The van der Waals surface area contributed by atoms with Crippen molar-refractivity contribution in [3.05, 3.63) is 52.8 Å². The summed E-state index contributed by atoms with van der Waals surface area (Å²) in [5.74, 6) is 0.0652. The highest BCUT2D eigenvalue weighted by Gasteiger charge is 2.09. The predicted octanol–water partition coefficient (Wildman–Crippen LogP) is 1.94. The van der Waals surface area contributed by atoms with E-state index in [-0.39, 0.29) is 5.91 Å². The van der Waals surface area contributed by atoms with Crippen LogP contribution in [0.3, 0.4) is 0 Å². The van der Waals surface area contributed by atoms with Gasteiger partial charge in [-0.25, -0.2) is 0 Å². The first-order chi connectivity index (χ1) is 9.58. The second-order valence-electron chi connectivity index (χ2n) is 5.04. The minimum Gasteiger partial charge on any atom is -0.355 e. The summed E-state index contributed by atoms with van der Waals surface area (Å²) in [4.78, 5) is 11.8. The molecule has 0 unspecified atom stereocenters. The number of rotatable bonds is 5. The van der Waals surface area contributed by atoms with Gasteiger partial charge in [-0.1, -0.05) is 30.3 Å². The molecular formula is C16H21N3O. The van der Waals surface area contributed by atoms with E-state index >= 15 is 0 Å². The molecule has 106 valence electrons. The van der Waals surface area contributed by atoms with Gasteiger partial charge in [0, 0.05) is 19.3 Å². The number of carbonyl (C=O) groups is 1. The van der Waals surface area contributed by atoms with Crippen molar-refractivity contribution in [1.29, 1.82) is 0 Å². The van der Waals surface area contributed by atoms with Crippen molar-refractivity contribution < 1.29 is 4.79 Å². The molecule has 0 aliphatic heterocycles. The first-order valence-electron chi connectivity index (χ1n) is 6.87. The number of carbonyl (C=O) groups excluding carboxylic acids is 1. The monoisotopic (exact) mass is 271 g/mol. The Labute approximate surface area is 119 Å². The SMILES string of the molecule is Cc1nn(C)c(C)c1CCNC(=O)Cc1ccccc1. The van der Waals surface area contributed by atoms with E-state index in [1.54, 1.807) is 0 Å². The molecule has 0 saturated carbocycles. The van der Waals surface area contributed by atoms with E-state index < -0.39 is 0 Å². The highest BCUT2D eigenvalue weighted by Crippen LogP contribution is 2.11. The molecule has 0 aliphatic carbocycles. The smallest absolute Gasteiger partial charge is 0.224 e. The van der Waals surface area contributed by atoms with Gasteiger partial charge >= 0.3 is 0 Å². The lowest BCUT2D eigenvalue weighted by atomic mass is 10.1. The minimum absolute atomic E-state index is 0.0652. The molecule has 1 aromatic carbocycles. The summed E-state index contributed by atoms with van der Waals surface area (Å²) in [6.07, 6.45) is 1.26. The van der Waals surface area contributed by atoms with Gasteiger partial charge in [0.15, 0.2) is 0 Å². The lowest BCUT2D eigenvalue weighted by Gasteiger charge is -2.06. The summed E-state index contributed by atoms with van der Waals surface area (Å²) >= 11 is 0. The third-order valence-corrected chi connectivity index (χ3v) is 3.56. The molecule has 0 atom stereocenters. The molecule has 0 radical (unpaired) electrons. The van der Waals surface area contributed by atoms with Gasteiger partial charge < -0.3 is 5.32 Å². The Hall–Kier alpha value is -2.10. The number of aryl methyl sites for hydroxylation is 2. The number of aromatic nitrogens is 2. The van der Waals surface area contributed by atoms with Crippen LogP contribution in [0.15, 0.2) is 30.3 Å². The molecule has 1 aromatic heterocycles. The van der Waals surface area contributed by atoms with Crippen LogP contribution in [0.2, 0.25) is 0 Å². The van der Waals surface area contributed by atoms with Crippen LogP contribution in [-0.2, 0) is 24.7 Å². The third-order valence-electron chi connectivity index (χ3n) is 3.56. The zero-order chi connectivity index (χ0) is 14.5. The maximum Gasteiger partial charge on any atom is 0.224 e. The normalized spacial score (nSPS) is 10.6. The third kappa shape index (κ3) is 3.47. The van der Waals surface area contributed by atoms with Crippen molar-refractivity contribution >= 4 is 5.91 Å². The molecule has 0 bridgehead atoms. The van der Waals surface area contributed by atoms with Crippen LogP contribution in [0.1, 0.15) is 22.5 Å². The van der Waals surface area contributed by atoms with Crippen LogP contribution in [-0.4, -0.2) is 22.2 Å². The molecule has 0 fully saturated rings. The molecule has 0 aliphatic rings. The molecule has 4 heteroatoms. The Morgan fingerprint density at radius 1 is 1.25 bits per heavy atom. The van der Waals surface area contributed by atoms with Crippen LogP contribution in [0.25, 0.3) is 0 Å². The zero-order valence-electron chi connectivity index (χ0n) is 12.3. The van der Waals surface area contributed by atoms with Gasteiger partial charge in [-0.2, -0.15) is 5.10 Å². The standard InChI is InChI=1S/C16H21N3O/c1-12-15(13(2)19(3)18-12)9-10-17-16(20)11-14-7-5-4-6-8-14/h4-8H,9-11H2,1-3H3,(H,17,20). The zero-order valence-corrected chi connectivity index (χ0v) is 12.3. The van der Waals surface area contributed by atoms with E-state index in [1.165, 1.54) is 11.3 Å². The van der Waals surface area contributed by atoms with Gasteiger partial charge in [-0.15, -0.1) is 0 Å². The van der Waals surface area contributed by atoms with Gasteiger partial charge in [0.25, 0.3) is 0 Å². The molecular weight excluding hydrogens is 250 g/mol. The first-order valence-corrected chi connectivity index (χ1v) is 6.87. The van der Waals surface area contributed by atoms with E-state index in [4.69, 9.17) is 0 Å². The average Bonchev–Trinajstić information content (AvgIpc) is 2.66. The van der Waals surface area contributed by atoms with Gasteiger partial charge in [0.2, 0.25) is 5.91 Å². The van der Waals surface area contributed by atoms with E-state index in [0.29, 0.717) is 13.0 Å². The predicted molar refractivity (Wildman–Crippen MR) is 79.5 cm³/mol. The maximum atomic E-state index is 11.8. The number of amides is 1. The number of nitrogens with zero attached hydrogens (tertiary/aromatic N) is 2. The minimum atomic E-state index is 0.0652. The summed E-state index contributed by atoms with van der Waals surface area (Å²) in [6, 6.07) is 9.79. The van der Waals surface area contributed by atoms with Crippen LogP contribution < -0.4 is 5.32 Å². The summed E-state index contributed by atoms with van der Waals surface area (Å²) in [5.41, 5.74) is 4.48. The van der Waals surface area contributed by atoms with Crippen molar-refractivity contribution in [2.24, 2.45) is 7.05 Å². The van der Waals surface area contributed by atoms with Crippen LogP contribution in [0, 0.1) is 13.8 Å². The van der Waals surface area contributed by atoms with Crippen molar-refractivity contribution in [2.45, 2.75) is 26.7 Å². The van der Waals surface area contributed by atoms with Crippen LogP contribution >= 0.6 is 0 Å². The van der Waals surface area contributed by atoms with Gasteiger partial charge in [0.1, 0.15) is 0 Å². The summed E-state index contributed by atoms with van der Waals surface area (Å²) in [5, 5.41) is 7.35. The Balaban J connectivity index is 1.82. The molecule has 4 nitrogen and oxygen atoms in total. The molecule has 1 N–H and O–H groups in total. The fourth-order valence-electron chi connectivity index (χ4n) is 2.35. The van der Waals surface area contributed by atoms with Crippen LogP contribution in [0.4, 0.5) is 0 Å². The molecule has 2 rings (SSSR count). The number of hydrogen-bond acceptors (Lipinski definition) is 2. The van der Waals surface area contributed by atoms with E-state index in [9.17, 15) is 4.79 Å². The van der Waals surface area contributed by atoms with Crippen molar-refractivity contribution in [3.8, 4) is 0 Å². The lowest BCUT2D eigenvalue weighted by molar-refractivity contribution is -0.120. The fraction of sp³-hybridized carbons (Fsp3) is 0.375. The number of nitrogens with one attached hydrogen (secondary N) is 1. The highest BCUT2D eigenvalue weighted by molar-refractivity contribution is 5.78. The van der Waals surface area contributed by atoms with Gasteiger partial charge in [0.05, 0.1) is 12.1 Å². The molecule has 1 amide bonds. The van der Waals surface area contributed by atoms with E-state index in [1.807, 2.05) is 49.0 Å². The second kappa shape index (κ2) is 6.37. The van der Waals surface area contributed by atoms with E-state index in [2.05, 4.69) is 17.3 Å². The topological polar surface area (TPSA) is 46.9 Å². The number of hydrogen-bond donors (Lipinski definition) is 1. The van der Waals surface area contributed by atoms with Crippen LogP contribution in [0.5, 0.6) is 0 Å².